The van der Waals surface area contributed by atoms with Crippen molar-refractivity contribution < 1.29 is 9.84 Å². The van der Waals surface area contributed by atoms with Crippen LogP contribution in [0.3, 0.4) is 0 Å². The Kier molecular flexibility index (Phi) is 3.94. The fourth-order valence-electron chi connectivity index (χ4n) is 3.39. The van der Waals surface area contributed by atoms with Crippen LogP contribution in [-0.4, -0.2) is 41.3 Å². The summed E-state index contributed by atoms with van der Waals surface area (Å²) in [4.78, 5) is 6.66. The summed E-state index contributed by atoms with van der Waals surface area (Å²) in [6.45, 7) is 1.77. The fourth-order valence-corrected chi connectivity index (χ4v) is 3.52. The number of aliphatic imine (C=N–C) groups is 1. The molecule has 4 nitrogen and oxygen atoms in total. The van der Waals surface area contributed by atoms with E-state index < -0.39 is 5.72 Å². The second-order valence-corrected chi connectivity index (χ2v) is 6.71. The molecule has 5 heteroatoms. The Balaban J connectivity index is 1.63. The summed E-state index contributed by atoms with van der Waals surface area (Å²) in [6, 6.07) is 15.3. The van der Waals surface area contributed by atoms with Gasteiger partial charge in [0.1, 0.15) is 18.2 Å². The van der Waals surface area contributed by atoms with Gasteiger partial charge in [-0.2, -0.15) is 0 Å². The lowest BCUT2D eigenvalue weighted by Crippen LogP contribution is -2.61. The van der Waals surface area contributed by atoms with Crippen LogP contribution in [0.5, 0.6) is 5.75 Å². The summed E-state index contributed by atoms with van der Waals surface area (Å²) in [7, 11) is 0. The van der Waals surface area contributed by atoms with Gasteiger partial charge in [-0.1, -0.05) is 35.9 Å². The molecule has 0 fully saturated rings. The summed E-state index contributed by atoms with van der Waals surface area (Å²) >= 11 is 5.91. The van der Waals surface area contributed by atoms with Gasteiger partial charge in [-0.05, 0) is 36.2 Å². The highest BCUT2D eigenvalue weighted by molar-refractivity contribution is 6.30. The third kappa shape index (κ3) is 2.76. The molecule has 0 aliphatic carbocycles. The number of amidine groups is 1. The Labute approximate surface area is 146 Å². The summed E-state index contributed by atoms with van der Waals surface area (Å²) in [5, 5.41) is 12.0. The van der Waals surface area contributed by atoms with E-state index >= 15 is 0 Å². The van der Waals surface area contributed by atoms with Crippen molar-refractivity contribution in [2.75, 3.05) is 19.7 Å². The molecule has 0 bridgehead atoms. The first-order valence-corrected chi connectivity index (χ1v) is 8.55. The molecular weight excluding hydrogens is 324 g/mol. The number of halogens is 1. The average Bonchev–Trinajstić information content (AvgIpc) is 2.62. The van der Waals surface area contributed by atoms with E-state index in [4.69, 9.17) is 16.3 Å². The number of fused-ring (bicyclic) bond motifs is 3. The number of ether oxygens (including phenoxy) is 1. The van der Waals surface area contributed by atoms with Gasteiger partial charge in [0.15, 0.2) is 5.72 Å². The predicted molar refractivity (Wildman–Crippen MR) is 94.8 cm³/mol. The van der Waals surface area contributed by atoms with Crippen LogP contribution in [0.15, 0.2) is 53.5 Å². The molecule has 0 radical (unpaired) electrons. The van der Waals surface area contributed by atoms with Crippen molar-refractivity contribution >= 4 is 17.4 Å². The molecule has 124 valence electrons. The van der Waals surface area contributed by atoms with E-state index in [-0.39, 0.29) is 6.61 Å². The van der Waals surface area contributed by atoms with Gasteiger partial charge >= 0.3 is 0 Å². The van der Waals surface area contributed by atoms with Gasteiger partial charge in [0.25, 0.3) is 0 Å². The summed E-state index contributed by atoms with van der Waals surface area (Å²) < 4.78 is 5.86. The molecule has 0 saturated carbocycles. The maximum absolute atomic E-state index is 11.3. The van der Waals surface area contributed by atoms with E-state index in [1.165, 1.54) is 0 Å². The molecule has 2 aromatic rings. The van der Waals surface area contributed by atoms with Crippen LogP contribution in [-0.2, 0) is 6.42 Å². The monoisotopic (exact) mass is 342 g/mol. The standard InChI is InChI=1S/C19H19ClN2O2/c20-15-6-8-16(9-7-15)24-13-19(23)12-14-4-1-2-5-17(14)18-21-10-3-11-22(18)19/h1-2,4-9,23H,3,10-13H2. The van der Waals surface area contributed by atoms with Gasteiger partial charge in [-0.3, -0.25) is 4.99 Å². The van der Waals surface area contributed by atoms with Crippen molar-refractivity contribution in [3.8, 4) is 5.75 Å². The average molecular weight is 343 g/mol. The van der Waals surface area contributed by atoms with Gasteiger partial charge in [-0.25, -0.2) is 0 Å². The molecule has 2 aromatic carbocycles. The molecule has 2 heterocycles. The van der Waals surface area contributed by atoms with Crippen LogP contribution in [0, 0.1) is 0 Å². The Bertz CT molecular complexity index is 775. The largest absolute Gasteiger partial charge is 0.489 e. The second-order valence-electron chi connectivity index (χ2n) is 6.27. The van der Waals surface area contributed by atoms with Crippen LogP contribution >= 0.6 is 11.6 Å². The Morgan fingerprint density at radius 2 is 1.96 bits per heavy atom. The predicted octanol–water partition coefficient (Wildman–Crippen LogP) is 3.12. The summed E-state index contributed by atoms with van der Waals surface area (Å²) in [5.74, 6) is 1.58. The summed E-state index contributed by atoms with van der Waals surface area (Å²) in [5.41, 5.74) is 1.14. The van der Waals surface area contributed by atoms with Crippen LogP contribution in [0.25, 0.3) is 0 Å². The van der Waals surface area contributed by atoms with Gasteiger partial charge in [0.05, 0.1) is 0 Å². The SMILES string of the molecule is OC1(COc2ccc(Cl)cc2)Cc2ccccc2C2=NCCCN21. The van der Waals surface area contributed by atoms with E-state index in [1.54, 1.807) is 12.1 Å². The van der Waals surface area contributed by atoms with Gasteiger partial charge in [0.2, 0.25) is 0 Å². The van der Waals surface area contributed by atoms with Crippen molar-refractivity contribution in [2.24, 2.45) is 4.99 Å². The molecule has 2 aliphatic heterocycles. The first-order valence-electron chi connectivity index (χ1n) is 8.17. The fraction of sp³-hybridized carbons (Fsp3) is 0.316. The van der Waals surface area contributed by atoms with E-state index in [0.29, 0.717) is 17.2 Å². The number of rotatable bonds is 3. The highest BCUT2D eigenvalue weighted by atomic mass is 35.5. The van der Waals surface area contributed by atoms with E-state index in [9.17, 15) is 5.11 Å². The molecule has 1 atom stereocenters. The van der Waals surface area contributed by atoms with Gasteiger partial charge in [-0.15, -0.1) is 0 Å². The quantitative estimate of drug-likeness (QED) is 0.932. The molecule has 24 heavy (non-hydrogen) atoms. The van der Waals surface area contributed by atoms with Gasteiger partial charge in [0, 0.05) is 30.1 Å². The van der Waals surface area contributed by atoms with Crippen LogP contribution < -0.4 is 4.74 Å². The number of hydrogen-bond donors (Lipinski definition) is 1. The van der Waals surface area contributed by atoms with E-state index in [2.05, 4.69) is 17.1 Å². The first kappa shape index (κ1) is 15.5. The number of aliphatic hydroxyl groups is 1. The minimum Gasteiger partial charge on any atom is -0.489 e. The minimum absolute atomic E-state index is 0.183. The number of nitrogens with zero attached hydrogens (tertiary/aromatic N) is 2. The third-order valence-corrected chi connectivity index (χ3v) is 4.83. The Morgan fingerprint density at radius 3 is 2.79 bits per heavy atom. The maximum atomic E-state index is 11.3. The van der Waals surface area contributed by atoms with E-state index in [1.807, 2.05) is 29.2 Å². The zero-order valence-electron chi connectivity index (χ0n) is 13.3. The lowest BCUT2D eigenvalue weighted by Gasteiger charge is -2.46. The molecule has 0 amide bonds. The zero-order chi connectivity index (χ0) is 16.6. The molecule has 1 unspecified atom stereocenters. The lowest BCUT2D eigenvalue weighted by atomic mass is 9.89. The van der Waals surface area contributed by atoms with Crippen molar-refractivity contribution in [3.05, 3.63) is 64.7 Å². The smallest absolute Gasteiger partial charge is 0.177 e. The Hall–Kier alpha value is -2.04. The number of benzene rings is 2. The van der Waals surface area contributed by atoms with Crippen LogP contribution in [0.2, 0.25) is 5.02 Å². The van der Waals surface area contributed by atoms with E-state index in [0.717, 1.165) is 36.5 Å². The van der Waals surface area contributed by atoms with Crippen molar-refractivity contribution in [1.29, 1.82) is 0 Å². The third-order valence-electron chi connectivity index (χ3n) is 4.57. The molecule has 0 aromatic heterocycles. The molecular formula is C19H19ClN2O2. The molecule has 2 aliphatic rings. The van der Waals surface area contributed by atoms with Crippen LogP contribution in [0.4, 0.5) is 0 Å². The first-order chi connectivity index (χ1) is 11.7. The Morgan fingerprint density at radius 1 is 1.17 bits per heavy atom. The minimum atomic E-state index is -1.09. The molecule has 1 N–H and O–H groups in total. The molecule has 4 rings (SSSR count). The van der Waals surface area contributed by atoms with Gasteiger partial charge < -0.3 is 14.7 Å². The molecule has 0 saturated heterocycles. The highest BCUT2D eigenvalue weighted by Gasteiger charge is 2.43. The van der Waals surface area contributed by atoms with Crippen molar-refractivity contribution in [3.63, 3.8) is 0 Å². The highest BCUT2D eigenvalue weighted by Crippen LogP contribution is 2.32. The van der Waals surface area contributed by atoms with Crippen LogP contribution in [0.1, 0.15) is 17.5 Å². The van der Waals surface area contributed by atoms with Crippen molar-refractivity contribution in [1.82, 2.24) is 4.90 Å². The molecule has 0 spiro atoms. The topological polar surface area (TPSA) is 45.1 Å². The number of hydrogen-bond acceptors (Lipinski definition) is 4. The van der Waals surface area contributed by atoms with Crippen molar-refractivity contribution in [2.45, 2.75) is 18.6 Å². The second kappa shape index (κ2) is 6.11. The normalized spacial score (nSPS) is 22.4. The lowest BCUT2D eigenvalue weighted by molar-refractivity contribution is -0.103. The maximum Gasteiger partial charge on any atom is 0.177 e. The summed E-state index contributed by atoms with van der Waals surface area (Å²) in [6.07, 6.45) is 1.46. The zero-order valence-corrected chi connectivity index (χ0v) is 14.0.